The summed E-state index contributed by atoms with van der Waals surface area (Å²) in [7, 11) is 6.73. The smallest absolute Gasteiger partial charge is 0.203 e. The highest BCUT2D eigenvalue weighted by Gasteiger charge is 2.22. The Balaban J connectivity index is 1.58. The molecule has 1 aliphatic rings. The molecule has 2 aromatic carbocycles. The minimum Gasteiger partial charge on any atom is -0.493 e. The zero-order valence-corrected chi connectivity index (χ0v) is 18.5. The molecule has 3 rings (SSSR count). The largest absolute Gasteiger partial charge is 0.493 e. The lowest BCUT2D eigenvalue weighted by atomic mass is 9.90. The summed E-state index contributed by atoms with van der Waals surface area (Å²) in [6, 6.07) is 14.7. The summed E-state index contributed by atoms with van der Waals surface area (Å²) in [5.41, 5.74) is 2.43. The molecule has 0 bridgehead atoms. The van der Waals surface area contributed by atoms with Crippen LogP contribution in [0.2, 0.25) is 0 Å². The highest BCUT2D eigenvalue weighted by molar-refractivity contribution is 5.80. The first-order valence-electron chi connectivity index (χ1n) is 10.5. The molecule has 1 aliphatic heterocycles. The number of guanidine groups is 1. The van der Waals surface area contributed by atoms with Gasteiger partial charge in [-0.3, -0.25) is 4.99 Å². The van der Waals surface area contributed by atoms with E-state index >= 15 is 0 Å². The Labute approximate surface area is 179 Å². The van der Waals surface area contributed by atoms with Crippen LogP contribution in [-0.2, 0) is 13.0 Å². The third-order valence-corrected chi connectivity index (χ3v) is 5.72. The zero-order chi connectivity index (χ0) is 21.3. The number of benzene rings is 2. The molecule has 1 fully saturated rings. The van der Waals surface area contributed by atoms with E-state index in [1.54, 1.807) is 21.3 Å². The van der Waals surface area contributed by atoms with Gasteiger partial charge in [-0.1, -0.05) is 30.3 Å². The molecule has 6 heteroatoms. The standard InChI is InChI=1S/C24H33N3O3/c1-25-24(26-17-20-10-11-21(28-2)23(30-4)22(20)29-3)27-14-12-19(13-15-27)16-18-8-6-5-7-9-18/h5-11,19H,12-17H2,1-4H3,(H,25,26). The van der Waals surface area contributed by atoms with E-state index in [-0.39, 0.29) is 0 Å². The van der Waals surface area contributed by atoms with Crippen molar-refractivity contribution in [3.63, 3.8) is 0 Å². The summed E-state index contributed by atoms with van der Waals surface area (Å²) >= 11 is 0. The molecule has 2 aromatic rings. The highest BCUT2D eigenvalue weighted by Crippen LogP contribution is 2.39. The van der Waals surface area contributed by atoms with E-state index in [2.05, 4.69) is 45.5 Å². The summed E-state index contributed by atoms with van der Waals surface area (Å²) in [6.07, 6.45) is 3.51. The molecule has 30 heavy (non-hydrogen) atoms. The molecule has 0 unspecified atom stereocenters. The van der Waals surface area contributed by atoms with Gasteiger partial charge in [0.15, 0.2) is 17.5 Å². The first-order chi connectivity index (χ1) is 14.7. The Morgan fingerprint density at radius 3 is 2.27 bits per heavy atom. The predicted octanol–water partition coefficient (Wildman–Crippen LogP) is 3.74. The van der Waals surface area contributed by atoms with Gasteiger partial charge >= 0.3 is 0 Å². The Bertz CT molecular complexity index is 831. The summed E-state index contributed by atoms with van der Waals surface area (Å²) < 4.78 is 16.5. The van der Waals surface area contributed by atoms with Crippen LogP contribution in [0, 0.1) is 5.92 Å². The number of hydrogen-bond acceptors (Lipinski definition) is 4. The zero-order valence-electron chi connectivity index (χ0n) is 18.5. The van der Waals surface area contributed by atoms with Gasteiger partial charge in [0, 0.05) is 32.2 Å². The maximum Gasteiger partial charge on any atom is 0.203 e. The molecule has 0 radical (unpaired) electrons. The summed E-state index contributed by atoms with van der Waals surface area (Å²) in [6.45, 7) is 2.63. The van der Waals surface area contributed by atoms with Crippen molar-refractivity contribution in [1.29, 1.82) is 0 Å². The van der Waals surface area contributed by atoms with Gasteiger partial charge in [0.05, 0.1) is 21.3 Å². The number of nitrogens with zero attached hydrogens (tertiary/aromatic N) is 2. The number of methoxy groups -OCH3 is 3. The molecule has 0 aliphatic carbocycles. The molecule has 0 aromatic heterocycles. The van der Waals surface area contributed by atoms with E-state index in [0.29, 0.717) is 23.8 Å². The number of hydrogen-bond donors (Lipinski definition) is 1. The van der Waals surface area contributed by atoms with Crippen molar-refractivity contribution in [2.24, 2.45) is 10.9 Å². The van der Waals surface area contributed by atoms with Crippen LogP contribution in [0.4, 0.5) is 0 Å². The van der Waals surface area contributed by atoms with Crippen molar-refractivity contribution in [3.8, 4) is 17.2 Å². The van der Waals surface area contributed by atoms with Gasteiger partial charge in [-0.2, -0.15) is 0 Å². The Morgan fingerprint density at radius 1 is 0.967 bits per heavy atom. The Hall–Kier alpha value is -2.89. The number of rotatable bonds is 7. The van der Waals surface area contributed by atoms with Crippen LogP contribution >= 0.6 is 0 Å². The Kier molecular flexibility index (Phi) is 7.82. The average Bonchev–Trinajstić information content (AvgIpc) is 2.80. The maximum absolute atomic E-state index is 5.59. The fraction of sp³-hybridized carbons (Fsp3) is 0.458. The molecule has 0 saturated carbocycles. The SMILES string of the molecule is CN=C(NCc1ccc(OC)c(OC)c1OC)N1CCC(Cc2ccccc2)CC1. The van der Waals surface area contributed by atoms with E-state index in [4.69, 9.17) is 14.2 Å². The van der Waals surface area contributed by atoms with E-state index in [1.165, 1.54) is 18.4 Å². The monoisotopic (exact) mass is 411 g/mol. The van der Waals surface area contributed by atoms with E-state index in [1.807, 2.05) is 19.2 Å². The van der Waals surface area contributed by atoms with Crippen LogP contribution < -0.4 is 19.5 Å². The number of likely N-dealkylation sites (tertiary alicyclic amines) is 1. The number of nitrogens with one attached hydrogen (secondary N) is 1. The lowest BCUT2D eigenvalue weighted by Crippen LogP contribution is -2.45. The van der Waals surface area contributed by atoms with Crippen LogP contribution in [0.3, 0.4) is 0 Å². The van der Waals surface area contributed by atoms with Crippen LogP contribution in [0.5, 0.6) is 17.2 Å². The van der Waals surface area contributed by atoms with Gasteiger partial charge in [-0.05, 0) is 42.9 Å². The molecule has 1 saturated heterocycles. The average molecular weight is 412 g/mol. The maximum atomic E-state index is 5.59. The van der Waals surface area contributed by atoms with Crippen LogP contribution in [0.25, 0.3) is 0 Å². The lowest BCUT2D eigenvalue weighted by Gasteiger charge is -2.34. The molecule has 1 heterocycles. The molecule has 0 amide bonds. The fourth-order valence-electron chi connectivity index (χ4n) is 4.11. The predicted molar refractivity (Wildman–Crippen MR) is 121 cm³/mol. The Morgan fingerprint density at radius 2 is 1.67 bits per heavy atom. The molecule has 1 N–H and O–H groups in total. The molecular formula is C24H33N3O3. The van der Waals surface area contributed by atoms with E-state index in [0.717, 1.165) is 37.0 Å². The van der Waals surface area contributed by atoms with E-state index in [9.17, 15) is 0 Å². The van der Waals surface area contributed by atoms with Gasteiger partial charge in [-0.15, -0.1) is 0 Å². The molecule has 0 spiro atoms. The van der Waals surface area contributed by atoms with Crippen LogP contribution in [-0.4, -0.2) is 52.3 Å². The van der Waals surface area contributed by atoms with E-state index < -0.39 is 0 Å². The van der Waals surface area contributed by atoms with Crippen molar-refractivity contribution in [2.75, 3.05) is 41.5 Å². The van der Waals surface area contributed by atoms with Gasteiger partial charge in [0.2, 0.25) is 5.75 Å². The van der Waals surface area contributed by atoms with Crippen LogP contribution in [0.15, 0.2) is 47.5 Å². The quantitative estimate of drug-likeness (QED) is 0.556. The van der Waals surface area contributed by atoms with Gasteiger partial charge in [-0.25, -0.2) is 0 Å². The van der Waals surface area contributed by atoms with Gasteiger partial charge < -0.3 is 24.4 Å². The van der Waals surface area contributed by atoms with Crippen molar-refractivity contribution < 1.29 is 14.2 Å². The molecule has 6 nitrogen and oxygen atoms in total. The number of ether oxygens (including phenoxy) is 3. The lowest BCUT2D eigenvalue weighted by molar-refractivity contribution is 0.259. The molecule has 162 valence electrons. The molecular weight excluding hydrogens is 378 g/mol. The number of piperidine rings is 1. The first kappa shape index (κ1) is 21.8. The van der Waals surface area contributed by atoms with Crippen molar-refractivity contribution >= 4 is 5.96 Å². The van der Waals surface area contributed by atoms with Crippen LogP contribution in [0.1, 0.15) is 24.0 Å². The van der Waals surface area contributed by atoms with Crippen molar-refractivity contribution in [3.05, 3.63) is 53.6 Å². The normalized spacial score (nSPS) is 15.1. The van der Waals surface area contributed by atoms with Crippen molar-refractivity contribution in [2.45, 2.75) is 25.8 Å². The topological polar surface area (TPSA) is 55.3 Å². The summed E-state index contributed by atoms with van der Waals surface area (Å²) in [5.74, 6) is 3.60. The highest BCUT2D eigenvalue weighted by atomic mass is 16.5. The first-order valence-corrected chi connectivity index (χ1v) is 10.5. The second-order valence-corrected chi connectivity index (χ2v) is 7.51. The minimum atomic E-state index is 0.597. The van der Waals surface area contributed by atoms with Gasteiger partial charge in [0.25, 0.3) is 0 Å². The summed E-state index contributed by atoms with van der Waals surface area (Å²) in [4.78, 5) is 6.84. The number of aliphatic imine (C=N–C) groups is 1. The fourth-order valence-corrected chi connectivity index (χ4v) is 4.11. The third kappa shape index (κ3) is 5.17. The second-order valence-electron chi connectivity index (χ2n) is 7.51. The second kappa shape index (κ2) is 10.8. The minimum absolute atomic E-state index is 0.597. The third-order valence-electron chi connectivity index (χ3n) is 5.72. The summed E-state index contributed by atoms with van der Waals surface area (Å²) in [5, 5.41) is 3.48. The molecule has 0 atom stereocenters. The van der Waals surface area contributed by atoms with Crippen molar-refractivity contribution in [1.82, 2.24) is 10.2 Å². The van der Waals surface area contributed by atoms with Gasteiger partial charge in [0.1, 0.15) is 0 Å².